The van der Waals surface area contributed by atoms with E-state index in [1.54, 1.807) is 0 Å². The lowest BCUT2D eigenvalue weighted by Gasteiger charge is -2.11. The van der Waals surface area contributed by atoms with Crippen molar-refractivity contribution in [2.24, 2.45) is 0 Å². The smallest absolute Gasteiger partial charge is 0.227 e. The molecular weight excluding hydrogens is 302 g/mol. The van der Waals surface area contributed by atoms with Crippen LogP contribution in [0.1, 0.15) is 36.7 Å². The number of aryl methyl sites for hydroxylation is 2. The number of nitrogens with one attached hydrogen (secondary N) is 1. The molecule has 2 aromatic rings. The number of nitrogens with zero attached hydrogens (tertiary/aromatic N) is 2. The highest BCUT2D eigenvalue weighted by Gasteiger charge is 2.06. The van der Waals surface area contributed by atoms with Gasteiger partial charge < -0.3 is 5.32 Å². The molecule has 1 N–H and O–H groups in total. The van der Waals surface area contributed by atoms with Gasteiger partial charge in [-0.3, -0.25) is 0 Å². The quantitative estimate of drug-likeness (QED) is 0.889. The Morgan fingerprint density at radius 1 is 1.05 bits per heavy atom. The fraction of sp³-hybridized carbons (Fsp3) is 0.333. The maximum absolute atomic E-state index is 4.38. The zero-order valence-corrected chi connectivity index (χ0v) is 13.2. The summed E-state index contributed by atoms with van der Waals surface area (Å²) in [6.07, 6.45) is 0. The molecule has 0 atom stereocenters. The van der Waals surface area contributed by atoms with Crippen LogP contribution in [0.5, 0.6) is 0 Å². The molecule has 0 amide bonds. The standard InChI is InChI=1S/C15H18BrN3/c1-9(2)12-5-6-14(13(16)8-12)19-15-17-10(3)7-11(4)18-15/h5-9H,1-4H3,(H,17,18,19). The fourth-order valence-electron chi connectivity index (χ4n) is 1.89. The molecule has 0 bridgehead atoms. The van der Waals surface area contributed by atoms with Crippen LogP contribution >= 0.6 is 15.9 Å². The molecule has 4 heteroatoms. The van der Waals surface area contributed by atoms with E-state index in [1.807, 2.05) is 19.9 Å². The lowest BCUT2D eigenvalue weighted by atomic mass is 10.0. The van der Waals surface area contributed by atoms with Crippen LogP contribution < -0.4 is 5.32 Å². The van der Waals surface area contributed by atoms with Crippen LogP contribution in [0.25, 0.3) is 0 Å². The van der Waals surface area contributed by atoms with Crippen molar-refractivity contribution in [1.82, 2.24) is 9.97 Å². The maximum atomic E-state index is 4.38. The minimum Gasteiger partial charge on any atom is -0.323 e. The predicted octanol–water partition coefficient (Wildman–Crippen LogP) is 4.72. The van der Waals surface area contributed by atoms with Crippen molar-refractivity contribution in [1.29, 1.82) is 0 Å². The lowest BCUT2D eigenvalue weighted by molar-refractivity contribution is 0.866. The van der Waals surface area contributed by atoms with Crippen LogP contribution in [0.3, 0.4) is 0 Å². The minimum absolute atomic E-state index is 0.516. The van der Waals surface area contributed by atoms with E-state index in [4.69, 9.17) is 0 Å². The van der Waals surface area contributed by atoms with E-state index in [1.165, 1.54) is 5.56 Å². The van der Waals surface area contributed by atoms with Gasteiger partial charge in [-0.15, -0.1) is 0 Å². The Bertz CT molecular complexity index is 574. The summed E-state index contributed by atoms with van der Waals surface area (Å²) in [5.41, 5.74) is 4.21. The van der Waals surface area contributed by atoms with E-state index >= 15 is 0 Å². The highest BCUT2D eigenvalue weighted by Crippen LogP contribution is 2.28. The molecule has 0 spiro atoms. The van der Waals surface area contributed by atoms with Gasteiger partial charge in [-0.05, 0) is 59.5 Å². The zero-order valence-electron chi connectivity index (χ0n) is 11.7. The van der Waals surface area contributed by atoms with Gasteiger partial charge in [0.05, 0.1) is 5.69 Å². The number of hydrogen-bond donors (Lipinski definition) is 1. The highest BCUT2D eigenvalue weighted by molar-refractivity contribution is 9.10. The van der Waals surface area contributed by atoms with Crippen molar-refractivity contribution in [3.63, 3.8) is 0 Å². The summed E-state index contributed by atoms with van der Waals surface area (Å²) in [5.74, 6) is 1.15. The first kappa shape index (κ1) is 14.0. The van der Waals surface area contributed by atoms with Gasteiger partial charge >= 0.3 is 0 Å². The number of halogens is 1. The van der Waals surface area contributed by atoms with E-state index in [-0.39, 0.29) is 0 Å². The van der Waals surface area contributed by atoms with Crippen LogP contribution in [-0.2, 0) is 0 Å². The molecule has 0 unspecified atom stereocenters. The molecule has 0 radical (unpaired) electrons. The normalized spacial score (nSPS) is 10.8. The Morgan fingerprint density at radius 2 is 1.68 bits per heavy atom. The first-order chi connectivity index (χ1) is 8.95. The van der Waals surface area contributed by atoms with Crippen molar-refractivity contribution in [3.05, 3.63) is 45.7 Å². The number of rotatable bonds is 3. The lowest BCUT2D eigenvalue weighted by Crippen LogP contribution is -2.01. The number of benzene rings is 1. The van der Waals surface area contributed by atoms with E-state index in [9.17, 15) is 0 Å². The summed E-state index contributed by atoms with van der Waals surface area (Å²) in [5, 5.41) is 3.25. The molecule has 100 valence electrons. The highest BCUT2D eigenvalue weighted by atomic mass is 79.9. The summed E-state index contributed by atoms with van der Waals surface area (Å²) < 4.78 is 1.03. The molecule has 0 aliphatic heterocycles. The third-order valence-electron chi connectivity index (χ3n) is 2.89. The van der Waals surface area contributed by atoms with Crippen LogP contribution in [0, 0.1) is 13.8 Å². The molecule has 1 aromatic carbocycles. The van der Waals surface area contributed by atoms with Gasteiger partial charge in [-0.1, -0.05) is 19.9 Å². The molecule has 2 rings (SSSR count). The average Bonchev–Trinajstić information content (AvgIpc) is 2.30. The third kappa shape index (κ3) is 3.53. The van der Waals surface area contributed by atoms with Crippen LogP contribution in [-0.4, -0.2) is 9.97 Å². The van der Waals surface area contributed by atoms with Gasteiger partial charge in [0.1, 0.15) is 0 Å². The Morgan fingerprint density at radius 3 is 2.21 bits per heavy atom. The molecule has 0 aliphatic carbocycles. The summed E-state index contributed by atoms with van der Waals surface area (Å²) in [7, 11) is 0. The van der Waals surface area contributed by atoms with E-state index in [0.717, 1.165) is 21.5 Å². The molecule has 0 saturated carbocycles. The average molecular weight is 320 g/mol. The second-order valence-electron chi connectivity index (χ2n) is 4.99. The van der Waals surface area contributed by atoms with Gasteiger partial charge in [-0.25, -0.2) is 9.97 Å². The zero-order chi connectivity index (χ0) is 14.0. The molecule has 0 fully saturated rings. The maximum Gasteiger partial charge on any atom is 0.227 e. The van der Waals surface area contributed by atoms with Crippen molar-refractivity contribution >= 4 is 27.6 Å². The summed E-state index contributed by atoms with van der Waals surface area (Å²) in [6.45, 7) is 8.30. The first-order valence-electron chi connectivity index (χ1n) is 6.34. The van der Waals surface area contributed by atoms with Crippen molar-refractivity contribution in [3.8, 4) is 0 Å². The largest absolute Gasteiger partial charge is 0.323 e. The van der Waals surface area contributed by atoms with Gasteiger partial charge in [-0.2, -0.15) is 0 Å². The number of hydrogen-bond acceptors (Lipinski definition) is 3. The first-order valence-corrected chi connectivity index (χ1v) is 7.14. The minimum atomic E-state index is 0.516. The Balaban J connectivity index is 2.28. The van der Waals surface area contributed by atoms with Crippen LogP contribution in [0.2, 0.25) is 0 Å². The van der Waals surface area contributed by atoms with E-state index in [2.05, 4.69) is 63.3 Å². The summed E-state index contributed by atoms with van der Waals surface area (Å²) in [4.78, 5) is 8.77. The topological polar surface area (TPSA) is 37.8 Å². The molecule has 0 aliphatic rings. The van der Waals surface area contributed by atoms with Crippen molar-refractivity contribution in [2.75, 3.05) is 5.32 Å². The number of anilines is 2. The second kappa shape index (κ2) is 5.70. The number of aromatic nitrogens is 2. The van der Waals surface area contributed by atoms with E-state index in [0.29, 0.717) is 11.9 Å². The van der Waals surface area contributed by atoms with Gasteiger partial charge in [0, 0.05) is 15.9 Å². The Kier molecular flexibility index (Phi) is 4.20. The SMILES string of the molecule is Cc1cc(C)nc(Nc2ccc(C(C)C)cc2Br)n1. The monoisotopic (exact) mass is 319 g/mol. The van der Waals surface area contributed by atoms with E-state index < -0.39 is 0 Å². The van der Waals surface area contributed by atoms with Gasteiger partial charge in [0.2, 0.25) is 5.95 Å². The van der Waals surface area contributed by atoms with Crippen molar-refractivity contribution in [2.45, 2.75) is 33.6 Å². The fourth-order valence-corrected chi connectivity index (χ4v) is 2.39. The molecule has 1 aromatic heterocycles. The van der Waals surface area contributed by atoms with Crippen LogP contribution in [0.15, 0.2) is 28.7 Å². The molecular formula is C15H18BrN3. The molecule has 1 heterocycles. The molecule has 19 heavy (non-hydrogen) atoms. The summed E-state index contributed by atoms with van der Waals surface area (Å²) >= 11 is 3.59. The van der Waals surface area contributed by atoms with Gasteiger partial charge in [0.15, 0.2) is 0 Å². The van der Waals surface area contributed by atoms with Gasteiger partial charge in [0.25, 0.3) is 0 Å². The van der Waals surface area contributed by atoms with Crippen LogP contribution in [0.4, 0.5) is 11.6 Å². The Labute approximate surface area is 122 Å². The molecule has 0 saturated heterocycles. The summed E-state index contributed by atoms with van der Waals surface area (Å²) in [6, 6.07) is 8.28. The molecule has 3 nitrogen and oxygen atoms in total. The second-order valence-corrected chi connectivity index (χ2v) is 5.85. The predicted molar refractivity (Wildman–Crippen MR) is 83.0 cm³/mol. The van der Waals surface area contributed by atoms with Crippen molar-refractivity contribution < 1.29 is 0 Å². The third-order valence-corrected chi connectivity index (χ3v) is 3.54. The Hall–Kier alpha value is -1.42.